The number of rotatable bonds is 8. The van der Waals surface area contributed by atoms with Crippen LogP contribution in [-0.2, 0) is 9.59 Å². The lowest BCUT2D eigenvalue weighted by Gasteiger charge is -2.20. The molecule has 0 heterocycles. The Labute approximate surface area is 91.6 Å². The van der Waals surface area contributed by atoms with Crippen molar-refractivity contribution in [3.05, 3.63) is 0 Å². The summed E-state index contributed by atoms with van der Waals surface area (Å²) < 4.78 is 0. The smallest absolute Gasteiger partial charge is 0.219 e. The number of nitrogens with two attached hydrogens (primary N) is 1. The summed E-state index contributed by atoms with van der Waals surface area (Å²) in [6.07, 6.45) is 2.94. The summed E-state index contributed by atoms with van der Waals surface area (Å²) in [4.78, 5) is 21.3. The number of nitrogens with one attached hydrogen (secondary N) is 1. The molecule has 1 amide bonds. The predicted octanol–water partition coefficient (Wildman–Crippen LogP) is 0.844. The van der Waals surface area contributed by atoms with E-state index in [1.54, 1.807) is 0 Å². The Balaban J connectivity index is 3.95. The summed E-state index contributed by atoms with van der Waals surface area (Å²) >= 11 is 0. The van der Waals surface area contributed by atoms with Gasteiger partial charge in [0.1, 0.15) is 6.29 Å². The number of amides is 1. The van der Waals surface area contributed by atoms with Crippen molar-refractivity contribution in [2.75, 3.05) is 0 Å². The van der Waals surface area contributed by atoms with Crippen LogP contribution in [0.4, 0.5) is 0 Å². The molecule has 4 heteroatoms. The molecule has 3 N–H and O–H groups in total. The molecule has 0 aromatic heterocycles. The first-order chi connectivity index (χ1) is 6.99. The second-order valence-corrected chi connectivity index (χ2v) is 4.23. The highest BCUT2D eigenvalue weighted by atomic mass is 16.1. The zero-order valence-corrected chi connectivity index (χ0v) is 9.82. The maximum absolute atomic E-state index is 10.7. The predicted molar refractivity (Wildman–Crippen MR) is 60.3 cm³/mol. The van der Waals surface area contributed by atoms with Crippen LogP contribution in [0.25, 0.3) is 0 Å². The second kappa shape index (κ2) is 7.40. The maximum Gasteiger partial charge on any atom is 0.219 e. The van der Waals surface area contributed by atoms with Gasteiger partial charge >= 0.3 is 0 Å². The largest absolute Gasteiger partial charge is 0.370 e. The van der Waals surface area contributed by atoms with E-state index in [1.165, 1.54) is 0 Å². The third-order valence-electron chi connectivity index (χ3n) is 2.54. The molecule has 0 aromatic rings. The summed E-state index contributed by atoms with van der Waals surface area (Å²) in [5.74, 6) is 0.170. The van der Waals surface area contributed by atoms with E-state index >= 15 is 0 Å². The minimum absolute atomic E-state index is 0.0777. The van der Waals surface area contributed by atoms with Gasteiger partial charge in [-0.15, -0.1) is 0 Å². The molecule has 0 rings (SSSR count). The lowest BCUT2D eigenvalue weighted by Crippen LogP contribution is -2.40. The topological polar surface area (TPSA) is 72.2 Å². The van der Waals surface area contributed by atoms with Gasteiger partial charge in [-0.05, 0) is 19.3 Å². The fourth-order valence-electron chi connectivity index (χ4n) is 1.57. The zero-order chi connectivity index (χ0) is 11.8. The molecule has 0 aliphatic heterocycles. The monoisotopic (exact) mass is 214 g/mol. The molecule has 0 aromatic carbocycles. The Morgan fingerprint density at radius 1 is 1.47 bits per heavy atom. The van der Waals surface area contributed by atoms with Crippen LogP contribution in [0.1, 0.15) is 40.0 Å². The molecule has 15 heavy (non-hydrogen) atoms. The van der Waals surface area contributed by atoms with E-state index in [0.29, 0.717) is 5.92 Å². The summed E-state index contributed by atoms with van der Waals surface area (Å²) in [6.45, 7) is 6.32. The van der Waals surface area contributed by atoms with Crippen LogP contribution in [0.5, 0.6) is 0 Å². The summed E-state index contributed by atoms with van der Waals surface area (Å²) in [5.41, 5.74) is 5.03. The van der Waals surface area contributed by atoms with E-state index in [2.05, 4.69) is 19.2 Å². The van der Waals surface area contributed by atoms with Crippen LogP contribution in [0, 0.1) is 5.92 Å². The van der Waals surface area contributed by atoms with E-state index in [-0.39, 0.29) is 12.5 Å². The first-order valence-corrected chi connectivity index (χ1v) is 5.49. The van der Waals surface area contributed by atoms with Crippen molar-refractivity contribution in [1.29, 1.82) is 0 Å². The van der Waals surface area contributed by atoms with Gasteiger partial charge in [-0.2, -0.15) is 0 Å². The molecule has 0 aliphatic carbocycles. The summed E-state index contributed by atoms with van der Waals surface area (Å²) in [6, 6.07) is -0.212. The average Bonchev–Trinajstić information content (AvgIpc) is 2.15. The van der Waals surface area contributed by atoms with Crippen LogP contribution in [0.2, 0.25) is 0 Å². The van der Waals surface area contributed by atoms with Gasteiger partial charge in [-0.1, -0.05) is 20.3 Å². The minimum Gasteiger partial charge on any atom is -0.370 e. The number of primary amides is 1. The molecule has 0 fully saturated rings. The Hall–Kier alpha value is -0.900. The normalized spacial score (nSPS) is 16.7. The fraction of sp³-hybridized carbons (Fsp3) is 0.818. The number of hydrogen-bond acceptors (Lipinski definition) is 3. The molecule has 88 valence electrons. The highest BCUT2D eigenvalue weighted by molar-refractivity contribution is 5.78. The van der Waals surface area contributed by atoms with E-state index in [9.17, 15) is 9.59 Å². The van der Waals surface area contributed by atoms with Crippen molar-refractivity contribution in [2.24, 2.45) is 11.7 Å². The molecule has 4 nitrogen and oxygen atoms in total. The maximum atomic E-state index is 10.7. The Morgan fingerprint density at radius 3 is 2.47 bits per heavy atom. The fourth-order valence-corrected chi connectivity index (χ4v) is 1.57. The second-order valence-electron chi connectivity index (χ2n) is 4.23. The van der Waals surface area contributed by atoms with Crippen LogP contribution >= 0.6 is 0 Å². The van der Waals surface area contributed by atoms with Gasteiger partial charge < -0.3 is 15.8 Å². The highest BCUT2D eigenvalue weighted by Crippen LogP contribution is 2.09. The molecule has 0 radical (unpaired) electrons. The third kappa shape index (κ3) is 7.08. The lowest BCUT2D eigenvalue weighted by molar-refractivity contribution is -0.121. The number of carbonyl (C=O) groups excluding carboxylic acids is 2. The first-order valence-electron chi connectivity index (χ1n) is 5.49. The molecule has 3 atom stereocenters. The summed E-state index contributed by atoms with van der Waals surface area (Å²) in [7, 11) is 0. The molecular formula is C11H22N2O2. The van der Waals surface area contributed by atoms with Gasteiger partial charge in [0, 0.05) is 12.5 Å². The molecule has 0 bridgehead atoms. The number of hydrogen-bond donors (Lipinski definition) is 2. The van der Waals surface area contributed by atoms with Gasteiger partial charge in [0.2, 0.25) is 5.91 Å². The Bertz CT molecular complexity index is 207. The van der Waals surface area contributed by atoms with Crippen LogP contribution in [-0.4, -0.2) is 24.3 Å². The van der Waals surface area contributed by atoms with Crippen molar-refractivity contribution in [2.45, 2.75) is 52.1 Å². The van der Waals surface area contributed by atoms with Gasteiger partial charge in [0.25, 0.3) is 0 Å². The van der Waals surface area contributed by atoms with E-state index < -0.39 is 11.9 Å². The van der Waals surface area contributed by atoms with Gasteiger partial charge in [0.05, 0.1) is 6.04 Å². The van der Waals surface area contributed by atoms with Crippen LogP contribution < -0.4 is 11.1 Å². The van der Waals surface area contributed by atoms with Crippen molar-refractivity contribution in [3.63, 3.8) is 0 Å². The molecule has 0 spiro atoms. The van der Waals surface area contributed by atoms with Crippen molar-refractivity contribution in [1.82, 2.24) is 5.32 Å². The molecule has 0 saturated heterocycles. The van der Waals surface area contributed by atoms with Crippen molar-refractivity contribution < 1.29 is 9.59 Å². The standard InChI is InChI=1S/C11H22N2O2/c1-4-8(2)5-9(3)13-10(7-14)6-11(12)15/h7-10,13H,4-6H2,1-3H3,(H2,12,15)/t8?,9?,10-/m1/s1. The molecule has 0 saturated carbocycles. The lowest BCUT2D eigenvalue weighted by atomic mass is 9.99. The van der Waals surface area contributed by atoms with Gasteiger partial charge in [-0.25, -0.2) is 0 Å². The molecule has 2 unspecified atom stereocenters. The SMILES string of the molecule is CCC(C)CC(C)N[C@@H](C=O)CC(N)=O. The third-order valence-corrected chi connectivity index (χ3v) is 2.54. The van der Waals surface area contributed by atoms with Crippen molar-refractivity contribution >= 4 is 12.2 Å². The molecular weight excluding hydrogens is 192 g/mol. The number of aldehydes is 1. The van der Waals surface area contributed by atoms with Crippen molar-refractivity contribution in [3.8, 4) is 0 Å². The number of carbonyl (C=O) groups is 2. The van der Waals surface area contributed by atoms with E-state index in [1.807, 2.05) is 6.92 Å². The Kier molecular flexibility index (Phi) is 6.96. The minimum atomic E-state index is -0.449. The van der Waals surface area contributed by atoms with Crippen LogP contribution in [0.15, 0.2) is 0 Å². The average molecular weight is 214 g/mol. The van der Waals surface area contributed by atoms with Crippen LogP contribution in [0.3, 0.4) is 0 Å². The molecule has 0 aliphatic rings. The van der Waals surface area contributed by atoms with Gasteiger partial charge in [0.15, 0.2) is 0 Å². The zero-order valence-electron chi connectivity index (χ0n) is 9.82. The highest BCUT2D eigenvalue weighted by Gasteiger charge is 2.14. The van der Waals surface area contributed by atoms with E-state index in [4.69, 9.17) is 5.73 Å². The Morgan fingerprint density at radius 2 is 2.07 bits per heavy atom. The quantitative estimate of drug-likeness (QED) is 0.588. The first kappa shape index (κ1) is 14.1. The summed E-state index contributed by atoms with van der Waals surface area (Å²) in [5, 5.41) is 3.09. The van der Waals surface area contributed by atoms with Gasteiger partial charge in [-0.3, -0.25) is 4.79 Å². The van der Waals surface area contributed by atoms with E-state index in [0.717, 1.165) is 19.1 Å².